The van der Waals surface area contributed by atoms with Gasteiger partial charge in [0.1, 0.15) is 0 Å². The van der Waals surface area contributed by atoms with Gasteiger partial charge in [0.05, 0.1) is 5.69 Å². The smallest absolute Gasteiger partial charge is 0.213 e. The highest BCUT2D eigenvalue weighted by Crippen LogP contribution is 2.24. The molecule has 0 saturated carbocycles. The van der Waals surface area contributed by atoms with Crippen LogP contribution in [0, 0.1) is 0 Å². The molecule has 1 aliphatic heterocycles. The SMILES string of the molecule is CCN=C(Nc1ccc(Cl)cc1C(=O)c1ccccc1)N1CCCN1. The fourth-order valence-electron chi connectivity index (χ4n) is 2.73. The number of nitrogens with one attached hydrogen (secondary N) is 2. The molecule has 1 saturated heterocycles. The standard InChI is InChI=1S/C19H21ClN4O/c1-2-21-19(24-12-6-11-22-24)23-17-10-9-15(20)13-16(17)18(25)14-7-4-3-5-8-14/h3-5,7-10,13,22H,2,6,11-12H2,1H3,(H,21,23). The molecule has 0 bridgehead atoms. The van der Waals surface area contributed by atoms with Gasteiger partial charge in [0.2, 0.25) is 5.96 Å². The highest BCUT2D eigenvalue weighted by Gasteiger charge is 2.19. The van der Waals surface area contributed by atoms with Crippen molar-refractivity contribution >= 4 is 29.0 Å². The van der Waals surface area contributed by atoms with Crippen molar-refractivity contribution in [1.82, 2.24) is 10.4 Å². The summed E-state index contributed by atoms with van der Waals surface area (Å²) in [7, 11) is 0. The molecule has 2 N–H and O–H groups in total. The molecule has 1 heterocycles. The molecule has 1 aliphatic rings. The Labute approximate surface area is 152 Å². The Morgan fingerprint density at radius 1 is 1.28 bits per heavy atom. The molecule has 0 aromatic heterocycles. The van der Waals surface area contributed by atoms with Crippen molar-refractivity contribution in [2.75, 3.05) is 25.0 Å². The van der Waals surface area contributed by atoms with Crippen LogP contribution in [0.1, 0.15) is 29.3 Å². The van der Waals surface area contributed by atoms with Crippen molar-refractivity contribution in [3.63, 3.8) is 0 Å². The van der Waals surface area contributed by atoms with Gasteiger partial charge in [-0.1, -0.05) is 41.9 Å². The minimum atomic E-state index is -0.0733. The number of guanidine groups is 1. The van der Waals surface area contributed by atoms with Crippen molar-refractivity contribution in [3.8, 4) is 0 Å². The van der Waals surface area contributed by atoms with Crippen LogP contribution in [0.2, 0.25) is 5.02 Å². The van der Waals surface area contributed by atoms with Gasteiger partial charge in [-0.3, -0.25) is 14.8 Å². The van der Waals surface area contributed by atoms with Crippen LogP contribution in [0.5, 0.6) is 0 Å². The summed E-state index contributed by atoms with van der Waals surface area (Å²) in [6.07, 6.45) is 1.06. The summed E-state index contributed by atoms with van der Waals surface area (Å²) in [6.45, 7) is 4.42. The molecule has 25 heavy (non-hydrogen) atoms. The molecular weight excluding hydrogens is 336 g/mol. The summed E-state index contributed by atoms with van der Waals surface area (Å²) in [4.78, 5) is 17.4. The third-order valence-electron chi connectivity index (χ3n) is 3.93. The lowest BCUT2D eigenvalue weighted by molar-refractivity contribution is 0.103. The minimum absolute atomic E-state index is 0.0733. The normalized spacial score (nSPS) is 14.6. The molecule has 0 unspecified atom stereocenters. The molecule has 5 nitrogen and oxygen atoms in total. The quantitative estimate of drug-likeness (QED) is 0.499. The second-order valence-electron chi connectivity index (χ2n) is 5.72. The number of halogens is 1. The third kappa shape index (κ3) is 4.18. The molecule has 0 aliphatic carbocycles. The van der Waals surface area contributed by atoms with Crippen LogP contribution in [0.4, 0.5) is 5.69 Å². The predicted molar refractivity (Wildman–Crippen MR) is 102 cm³/mol. The summed E-state index contributed by atoms with van der Waals surface area (Å²) in [6, 6.07) is 14.5. The number of hydrogen-bond acceptors (Lipinski definition) is 3. The molecule has 0 amide bonds. The molecule has 0 atom stereocenters. The Morgan fingerprint density at radius 3 is 2.76 bits per heavy atom. The number of benzene rings is 2. The number of carbonyl (C=O) groups is 1. The Bertz CT molecular complexity index is 770. The summed E-state index contributed by atoms with van der Waals surface area (Å²) in [5.74, 6) is 0.639. The van der Waals surface area contributed by atoms with E-state index in [4.69, 9.17) is 11.6 Å². The number of anilines is 1. The largest absolute Gasteiger partial charge is 0.324 e. The molecule has 0 spiro atoms. The van der Waals surface area contributed by atoms with Gasteiger partial charge in [-0.15, -0.1) is 0 Å². The number of hydrazine groups is 1. The lowest BCUT2D eigenvalue weighted by Crippen LogP contribution is -2.41. The summed E-state index contributed by atoms with van der Waals surface area (Å²) in [5.41, 5.74) is 5.13. The zero-order chi connectivity index (χ0) is 17.6. The summed E-state index contributed by atoms with van der Waals surface area (Å²) < 4.78 is 0. The summed E-state index contributed by atoms with van der Waals surface area (Å²) >= 11 is 6.14. The van der Waals surface area contributed by atoms with Gasteiger partial charge in [-0.2, -0.15) is 0 Å². The Hall–Kier alpha value is -2.37. The van der Waals surface area contributed by atoms with Gasteiger partial charge in [-0.25, -0.2) is 5.43 Å². The molecule has 1 fully saturated rings. The number of nitrogens with zero attached hydrogens (tertiary/aromatic N) is 2. The van der Waals surface area contributed by atoms with Gasteiger partial charge >= 0.3 is 0 Å². The van der Waals surface area contributed by atoms with Gasteiger partial charge in [0, 0.05) is 35.8 Å². The van der Waals surface area contributed by atoms with Gasteiger partial charge < -0.3 is 5.32 Å². The topological polar surface area (TPSA) is 56.7 Å². The molecular formula is C19H21ClN4O. The fraction of sp³-hybridized carbons (Fsp3) is 0.263. The van der Waals surface area contributed by atoms with Crippen molar-refractivity contribution in [3.05, 3.63) is 64.7 Å². The van der Waals surface area contributed by atoms with Crippen LogP contribution < -0.4 is 10.7 Å². The number of carbonyl (C=O) groups excluding carboxylic acids is 1. The average Bonchev–Trinajstić information content (AvgIpc) is 3.17. The van der Waals surface area contributed by atoms with Crippen LogP contribution in [-0.2, 0) is 0 Å². The lowest BCUT2D eigenvalue weighted by Gasteiger charge is -2.22. The first-order valence-corrected chi connectivity index (χ1v) is 8.78. The monoisotopic (exact) mass is 356 g/mol. The van der Waals surface area contributed by atoms with Crippen LogP contribution >= 0.6 is 11.6 Å². The summed E-state index contributed by atoms with van der Waals surface area (Å²) in [5, 5.41) is 5.81. The Balaban J connectivity index is 1.93. The van der Waals surface area contributed by atoms with E-state index in [2.05, 4.69) is 15.7 Å². The molecule has 130 valence electrons. The molecule has 0 radical (unpaired) electrons. The van der Waals surface area contributed by atoms with Crippen LogP contribution in [0.15, 0.2) is 53.5 Å². The van der Waals surface area contributed by atoms with E-state index in [9.17, 15) is 4.79 Å². The minimum Gasteiger partial charge on any atom is -0.324 e. The first-order chi connectivity index (χ1) is 12.2. The van der Waals surface area contributed by atoms with Crippen molar-refractivity contribution in [2.45, 2.75) is 13.3 Å². The highest BCUT2D eigenvalue weighted by molar-refractivity contribution is 6.31. The molecule has 6 heteroatoms. The highest BCUT2D eigenvalue weighted by atomic mass is 35.5. The van der Waals surface area contributed by atoms with E-state index in [-0.39, 0.29) is 5.78 Å². The van der Waals surface area contributed by atoms with Crippen LogP contribution in [0.3, 0.4) is 0 Å². The van der Waals surface area contributed by atoms with Crippen molar-refractivity contribution < 1.29 is 4.79 Å². The van der Waals surface area contributed by atoms with E-state index >= 15 is 0 Å². The van der Waals surface area contributed by atoms with E-state index in [1.807, 2.05) is 36.2 Å². The van der Waals surface area contributed by atoms with E-state index in [0.29, 0.717) is 34.3 Å². The lowest BCUT2D eigenvalue weighted by atomic mass is 10.0. The molecule has 2 aromatic rings. The predicted octanol–water partition coefficient (Wildman–Crippen LogP) is 3.57. The van der Waals surface area contributed by atoms with E-state index < -0.39 is 0 Å². The number of hydrogen-bond donors (Lipinski definition) is 2. The second kappa shape index (κ2) is 8.14. The van der Waals surface area contributed by atoms with Gasteiger partial charge in [0.15, 0.2) is 5.78 Å². The maximum Gasteiger partial charge on any atom is 0.213 e. The first kappa shape index (κ1) is 17.5. The second-order valence-corrected chi connectivity index (χ2v) is 6.16. The van der Waals surface area contributed by atoms with Crippen molar-refractivity contribution in [2.24, 2.45) is 4.99 Å². The average molecular weight is 357 g/mol. The van der Waals surface area contributed by atoms with Gasteiger partial charge in [0.25, 0.3) is 0 Å². The van der Waals surface area contributed by atoms with Crippen molar-refractivity contribution in [1.29, 1.82) is 0 Å². The zero-order valence-electron chi connectivity index (χ0n) is 14.1. The van der Waals surface area contributed by atoms with Crippen LogP contribution in [0.25, 0.3) is 0 Å². The number of rotatable bonds is 4. The Morgan fingerprint density at radius 2 is 2.08 bits per heavy atom. The van der Waals surface area contributed by atoms with E-state index in [1.165, 1.54) is 0 Å². The molecule has 2 aromatic carbocycles. The first-order valence-electron chi connectivity index (χ1n) is 8.41. The van der Waals surface area contributed by atoms with Crippen LogP contribution in [-0.4, -0.2) is 36.4 Å². The van der Waals surface area contributed by atoms with E-state index in [0.717, 1.165) is 19.5 Å². The van der Waals surface area contributed by atoms with E-state index in [1.54, 1.807) is 24.3 Å². The maximum absolute atomic E-state index is 12.9. The third-order valence-corrected chi connectivity index (χ3v) is 4.17. The Kier molecular flexibility index (Phi) is 5.68. The van der Waals surface area contributed by atoms with Gasteiger partial charge in [-0.05, 0) is 31.5 Å². The number of aliphatic imine (C=N–C) groups is 1. The maximum atomic E-state index is 12.9. The fourth-order valence-corrected chi connectivity index (χ4v) is 2.90. The number of ketones is 1. The zero-order valence-corrected chi connectivity index (χ0v) is 14.9. The molecule has 3 rings (SSSR count).